The SMILES string of the molecule is O=S(=O)(CC1CCCCO1)c1ccc2oc(-c3ccncc3)cc2c1. The van der Waals surface area contributed by atoms with E-state index in [1.165, 1.54) is 0 Å². The molecule has 1 atom stereocenters. The second-order valence-electron chi connectivity index (χ2n) is 6.32. The molecule has 0 spiro atoms. The van der Waals surface area contributed by atoms with Crippen LogP contribution in [0, 0.1) is 0 Å². The molecule has 1 fully saturated rings. The van der Waals surface area contributed by atoms with E-state index in [1.54, 1.807) is 30.6 Å². The zero-order valence-corrected chi connectivity index (χ0v) is 14.5. The van der Waals surface area contributed by atoms with Gasteiger partial charge < -0.3 is 9.15 Å². The number of rotatable bonds is 4. The summed E-state index contributed by atoms with van der Waals surface area (Å²) in [6, 6.07) is 10.6. The van der Waals surface area contributed by atoms with Gasteiger partial charge in [-0.3, -0.25) is 4.98 Å². The number of ether oxygens (including phenoxy) is 1. The fourth-order valence-corrected chi connectivity index (χ4v) is 4.68. The van der Waals surface area contributed by atoms with E-state index in [9.17, 15) is 8.42 Å². The number of pyridine rings is 1. The molecule has 3 heterocycles. The summed E-state index contributed by atoms with van der Waals surface area (Å²) in [6.45, 7) is 0.649. The van der Waals surface area contributed by atoms with Crippen LogP contribution in [0.25, 0.3) is 22.3 Å². The minimum absolute atomic E-state index is 0.0353. The molecule has 0 aliphatic carbocycles. The highest BCUT2D eigenvalue weighted by Gasteiger charge is 2.24. The molecular formula is C19H19NO4S. The van der Waals surface area contributed by atoms with E-state index < -0.39 is 9.84 Å². The number of hydrogen-bond donors (Lipinski definition) is 0. The molecule has 3 aromatic rings. The van der Waals surface area contributed by atoms with Gasteiger partial charge in [-0.05, 0) is 55.7 Å². The van der Waals surface area contributed by atoms with Crippen molar-refractivity contribution in [2.24, 2.45) is 0 Å². The molecule has 25 heavy (non-hydrogen) atoms. The lowest BCUT2D eigenvalue weighted by molar-refractivity contribution is 0.0305. The van der Waals surface area contributed by atoms with E-state index in [-0.39, 0.29) is 11.9 Å². The van der Waals surface area contributed by atoms with Crippen LogP contribution in [0.1, 0.15) is 19.3 Å². The third-order valence-electron chi connectivity index (χ3n) is 4.49. The minimum atomic E-state index is -3.38. The van der Waals surface area contributed by atoms with Crippen LogP contribution in [0.5, 0.6) is 0 Å². The number of sulfone groups is 1. The number of furan rings is 1. The monoisotopic (exact) mass is 357 g/mol. The maximum absolute atomic E-state index is 12.7. The summed E-state index contributed by atoms with van der Waals surface area (Å²) in [4.78, 5) is 4.31. The molecule has 1 aromatic carbocycles. The molecule has 0 radical (unpaired) electrons. The lowest BCUT2D eigenvalue weighted by atomic mass is 10.1. The highest BCUT2D eigenvalue weighted by molar-refractivity contribution is 7.91. The van der Waals surface area contributed by atoms with Crippen LogP contribution < -0.4 is 0 Å². The average molecular weight is 357 g/mol. The summed E-state index contributed by atoms with van der Waals surface area (Å²) < 4.78 is 36.8. The Morgan fingerprint density at radius 2 is 1.92 bits per heavy atom. The molecule has 0 bridgehead atoms. The topological polar surface area (TPSA) is 69.4 Å². The minimum Gasteiger partial charge on any atom is -0.456 e. The van der Waals surface area contributed by atoms with Crippen molar-refractivity contribution in [2.75, 3.05) is 12.4 Å². The first-order valence-electron chi connectivity index (χ1n) is 8.40. The van der Waals surface area contributed by atoms with Crippen molar-refractivity contribution in [1.82, 2.24) is 4.98 Å². The molecule has 130 valence electrons. The predicted molar refractivity (Wildman–Crippen MR) is 95.1 cm³/mol. The van der Waals surface area contributed by atoms with Gasteiger partial charge in [-0.15, -0.1) is 0 Å². The zero-order chi connectivity index (χ0) is 17.3. The number of fused-ring (bicyclic) bond motifs is 1. The summed E-state index contributed by atoms with van der Waals surface area (Å²) >= 11 is 0. The Bertz CT molecular complexity index is 973. The fourth-order valence-electron chi connectivity index (χ4n) is 3.15. The number of hydrogen-bond acceptors (Lipinski definition) is 5. The van der Waals surface area contributed by atoms with E-state index in [0.29, 0.717) is 22.8 Å². The molecule has 0 amide bonds. The highest BCUT2D eigenvalue weighted by Crippen LogP contribution is 2.30. The fraction of sp³-hybridized carbons (Fsp3) is 0.316. The van der Waals surface area contributed by atoms with Gasteiger partial charge in [0.1, 0.15) is 11.3 Å². The van der Waals surface area contributed by atoms with E-state index in [4.69, 9.17) is 9.15 Å². The first-order chi connectivity index (χ1) is 12.1. The Morgan fingerprint density at radius 1 is 1.08 bits per heavy atom. The number of aromatic nitrogens is 1. The Labute approximate surface area is 146 Å². The van der Waals surface area contributed by atoms with Crippen LogP contribution in [0.2, 0.25) is 0 Å². The maximum Gasteiger partial charge on any atom is 0.180 e. The van der Waals surface area contributed by atoms with Crippen LogP contribution in [0.4, 0.5) is 0 Å². The lowest BCUT2D eigenvalue weighted by Gasteiger charge is -2.22. The van der Waals surface area contributed by atoms with Gasteiger partial charge in [0, 0.05) is 30.0 Å². The van der Waals surface area contributed by atoms with Crippen molar-refractivity contribution >= 4 is 20.8 Å². The van der Waals surface area contributed by atoms with Crippen molar-refractivity contribution in [1.29, 1.82) is 0 Å². The molecule has 1 aliphatic rings. The first kappa shape index (κ1) is 16.3. The third kappa shape index (κ3) is 3.45. The maximum atomic E-state index is 12.7. The van der Waals surface area contributed by atoms with Crippen molar-refractivity contribution in [3.05, 3.63) is 48.8 Å². The van der Waals surface area contributed by atoms with Crippen molar-refractivity contribution in [2.45, 2.75) is 30.3 Å². The molecule has 4 rings (SSSR count). The van der Waals surface area contributed by atoms with Gasteiger partial charge in [0.2, 0.25) is 0 Å². The van der Waals surface area contributed by atoms with Gasteiger partial charge in [0.15, 0.2) is 9.84 Å². The molecule has 5 nitrogen and oxygen atoms in total. The smallest absolute Gasteiger partial charge is 0.180 e. The van der Waals surface area contributed by atoms with Gasteiger partial charge in [0.25, 0.3) is 0 Å². The number of nitrogens with zero attached hydrogens (tertiary/aromatic N) is 1. The van der Waals surface area contributed by atoms with Crippen LogP contribution in [-0.2, 0) is 14.6 Å². The largest absolute Gasteiger partial charge is 0.456 e. The van der Waals surface area contributed by atoms with Gasteiger partial charge in [-0.2, -0.15) is 0 Å². The Kier molecular flexibility index (Phi) is 4.31. The normalized spacial score (nSPS) is 18.5. The molecule has 1 saturated heterocycles. The van der Waals surface area contributed by atoms with Gasteiger partial charge >= 0.3 is 0 Å². The van der Waals surface area contributed by atoms with Crippen LogP contribution in [0.15, 0.2) is 58.1 Å². The van der Waals surface area contributed by atoms with Crippen LogP contribution >= 0.6 is 0 Å². The van der Waals surface area contributed by atoms with E-state index in [2.05, 4.69) is 4.98 Å². The quantitative estimate of drug-likeness (QED) is 0.709. The second-order valence-corrected chi connectivity index (χ2v) is 8.35. The molecule has 6 heteroatoms. The van der Waals surface area contributed by atoms with Gasteiger partial charge in [-0.25, -0.2) is 8.42 Å². The Balaban J connectivity index is 1.64. The lowest BCUT2D eigenvalue weighted by Crippen LogP contribution is -2.27. The highest BCUT2D eigenvalue weighted by atomic mass is 32.2. The van der Waals surface area contributed by atoms with Gasteiger partial charge in [-0.1, -0.05) is 0 Å². The third-order valence-corrected chi connectivity index (χ3v) is 6.27. The van der Waals surface area contributed by atoms with Crippen LogP contribution in [-0.4, -0.2) is 31.9 Å². The zero-order valence-electron chi connectivity index (χ0n) is 13.7. The van der Waals surface area contributed by atoms with Crippen molar-refractivity contribution in [3.63, 3.8) is 0 Å². The Morgan fingerprint density at radius 3 is 2.68 bits per heavy atom. The standard InChI is InChI=1S/C19H19NO4S/c21-25(22,13-16-3-1-2-10-23-16)17-4-5-18-15(11-17)12-19(24-18)14-6-8-20-9-7-14/h4-9,11-12,16H,1-3,10,13H2. The van der Waals surface area contributed by atoms with Crippen LogP contribution in [0.3, 0.4) is 0 Å². The molecule has 0 saturated carbocycles. The van der Waals surface area contributed by atoms with E-state index >= 15 is 0 Å². The van der Waals surface area contributed by atoms with E-state index in [1.807, 2.05) is 18.2 Å². The first-order valence-corrected chi connectivity index (χ1v) is 10.1. The molecule has 1 unspecified atom stereocenters. The average Bonchev–Trinajstić information content (AvgIpc) is 3.06. The number of benzene rings is 1. The summed E-state index contributed by atoms with van der Waals surface area (Å²) in [5.74, 6) is 0.732. The molecule has 1 aliphatic heterocycles. The summed E-state index contributed by atoms with van der Waals surface area (Å²) in [7, 11) is -3.38. The summed E-state index contributed by atoms with van der Waals surface area (Å²) in [6.07, 6.45) is 6.03. The molecular weight excluding hydrogens is 338 g/mol. The Hall–Kier alpha value is -2.18. The van der Waals surface area contributed by atoms with E-state index in [0.717, 1.165) is 30.2 Å². The summed E-state index contributed by atoms with van der Waals surface area (Å²) in [5, 5.41) is 0.775. The van der Waals surface area contributed by atoms with Crippen molar-refractivity contribution in [3.8, 4) is 11.3 Å². The predicted octanol–water partition coefficient (Wildman–Crippen LogP) is 3.84. The summed E-state index contributed by atoms with van der Waals surface area (Å²) in [5.41, 5.74) is 1.57. The molecule has 2 aromatic heterocycles. The van der Waals surface area contributed by atoms with Crippen molar-refractivity contribution < 1.29 is 17.6 Å². The second kappa shape index (κ2) is 6.61. The van der Waals surface area contributed by atoms with Gasteiger partial charge in [0.05, 0.1) is 16.8 Å². The molecule has 0 N–H and O–H groups in total.